The van der Waals surface area contributed by atoms with E-state index in [4.69, 9.17) is 16.3 Å². The van der Waals surface area contributed by atoms with Gasteiger partial charge >= 0.3 is 0 Å². The second kappa shape index (κ2) is 7.51. The predicted molar refractivity (Wildman–Crippen MR) is 70.2 cm³/mol. The maximum Gasteiger partial charge on any atom is 0.126 e. The SMILES string of the molecule is CC(C)CCOCCNc1cc(F)cc(Cl)c1. The van der Waals surface area contributed by atoms with Crippen molar-refractivity contribution in [1.29, 1.82) is 0 Å². The van der Waals surface area contributed by atoms with Crippen LogP contribution in [0.25, 0.3) is 0 Å². The van der Waals surface area contributed by atoms with E-state index < -0.39 is 0 Å². The van der Waals surface area contributed by atoms with Gasteiger partial charge in [0.05, 0.1) is 6.61 Å². The first-order valence-electron chi connectivity index (χ1n) is 5.85. The van der Waals surface area contributed by atoms with Gasteiger partial charge in [-0.1, -0.05) is 25.4 Å². The third-order valence-corrected chi connectivity index (χ3v) is 2.50. The summed E-state index contributed by atoms with van der Waals surface area (Å²) in [6.45, 7) is 6.36. The highest BCUT2D eigenvalue weighted by atomic mass is 35.5. The summed E-state index contributed by atoms with van der Waals surface area (Å²) >= 11 is 5.74. The van der Waals surface area contributed by atoms with Crippen molar-refractivity contribution in [3.8, 4) is 0 Å². The molecule has 1 N–H and O–H groups in total. The number of ether oxygens (including phenoxy) is 1. The first-order chi connectivity index (χ1) is 8.08. The number of halogens is 2. The lowest BCUT2D eigenvalue weighted by atomic mass is 10.1. The molecule has 0 bridgehead atoms. The molecule has 1 aromatic rings. The molecule has 0 fully saturated rings. The summed E-state index contributed by atoms with van der Waals surface area (Å²) in [5.41, 5.74) is 0.683. The summed E-state index contributed by atoms with van der Waals surface area (Å²) in [6.07, 6.45) is 1.06. The molecule has 1 aromatic carbocycles. The zero-order valence-corrected chi connectivity index (χ0v) is 11.1. The minimum absolute atomic E-state index is 0.333. The molecule has 2 nitrogen and oxygen atoms in total. The molecular formula is C13H19ClFNO. The van der Waals surface area contributed by atoms with Crippen molar-refractivity contribution >= 4 is 17.3 Å². The van der Waals surface area contributed by atoms with E-state index in [1.54, 1.807) is 6.07 Å². The standard InChI is InChI=1S/C13H19ClFNO/c1-10(2)3-5-17-6-4-16-13-8-11(14)7-12(15)9-13/h7-10,16H,3-6H2,1-2H3. The summed E-state index contributed by atoms with van der Waals surface area (Å²) in [5.74, 6) is 0.325. The average molecular weight is 260 g/mol. The van der Waals surface area contributed by atoms with Crippen LogP contribution >= 0.6 is 11.6 Å². The Kier molecular flexibility index (Phi) is 6.30. The maximum atomic E-state index is 13.0. The van der Waals surface area contributed by atoms with Crippen LogP contribution in [0.5, 0.6) is 0 Å². The van der Waals surface area contributed by atoms with Crippen LogP contribution < -0.4 is 5.32 Å². The number of anilines is 1. The normalized spacial score (nSPS) is 10.9. The van der Waals surface area contributed by atoms with Crippen molar-refractivity contribution in [2.24, 2.45) is 5.92 Å². The van der Waals surface area contributed by atoms with E-state index in [9.17, 15) is 4.39 Å². The van der Waals surface area contributed by atoms with Gasteiger partial charge in [-0.2, -0.15) is 0 Å². The van der Waals surface area contributed by atoms with Crippen LogP contribution in [0.1, 0.15) is 20.3 Å². The maximum absolute atomic E-state index is 13.0. The van der Waals surface area contributed by atoms with Gasteiger partial charge in [0.1, 0.15) is 5.82 Å². The summed E-state index contributed by atoms with van der Waals surface area (Å²) in [6, 6.07) is 4.39. The van der Waals surface area contributed by atoms with Crippen LogP contribution in [0.3, 0.4) is 0 Å². The lowest BCUT2D eigenvalue weighted by molar-refractivity contribution is 0.132. The fourth-order valence-corrected chi connectivity index (χ4v) is 1.57. The molecule has 17 heavy (non-hydrogen) atoms. The third-order valence-electron chi connectivity index (χ3n) is 2.28. The van der Waals surface area contributed by atoms with Crippen molar-refractivity contribution in [2.45, 2.75) is 20.3 Å². The van der Waals surface area contributed by atoms with Gasteiger partial charge in [-0.3, -0.25) is 0 Å². The molecule has 0 aliphatic rings. The Bertz CT molecular complexity index is 324. The molecular weight excluding hydrogens is 241 g/mol. The van der Waals surface area contributed by atoms with Gasteiger partial charge in [-0.05, 0) is 30.5 Å². The molecule has 0 aliphatic heterocycles. The van der Waals surface area contributed by atoms with Gasteiger partial charge in [0, 0.05) is 23.9 Å². The van der Waals surface area contributed by atoms with Crippen LogP contribution in [-0.2, 0) is 4.74 Å². The van der Waals surface area contributed by atoms with Crippen molar-refractivity contribution in [3.05, 3.63) is 29.0 Å². The molecule has 0 spiro atoms. The minimum atomic E-state index is -0.333. The minimum Gasteiger partial charge on any atom is -0.383 e. The quantitative estimate of drug-likeness (QED) is 0.749. The van der Waals surface area contributed by atoms with Crippen LogP contribution in [0.2, 0.25) is 5.02 Å². The van der Waals surface area contributed by atoms with E-state index in [2.05, 4.69) is 19.2 Å². The summed E-state index contributed by atoms with van der Waals surface area (Å²) in [7, 11) is 0. The lowest BCUT2D eigenvalue weighted by Gasteiger charge is -2.09. The molecule has 0 saturated carbocycles. The molecule has 0 amide bonds. The Morgan fingerprint density at radius 1 is 1.29 bits per heavy atom. The molecule has 0 unspecified atom stereocenters. The van der Waals surface area contributed by atoms with Crippen molar-refractivity contribution in [1.82, 2.24) is 0 Å². The molecule has 0 radical (unpaired) electrons. The highest BCUT2D eigenvalue weighted by Gasteiger charge is 1.99. The zero-order chi connectivity index (χ0) is 12.7. The first-order valence-corrected chi connectivity index (χ1v) is 6.23. The van der Waals surface area contributed by atoms with E-state index in [1.165, 1.54) is 12.1 Å². The molecule has 0 aromatic heterocycles. The first kappa shape index (κ1) is 14.3. The Labute approximate surface area is 107 Å². The highest BCUT2D eigenvalue weighted by molar-refractivity contribution is 6.30. The Morgan fingerprint density at radius 2 is 2.06 bits per heavy atom. The van der Waals surface area contributed by atoms with Gasteiger partial charge in [0.2, 0.25) is 0 Å². The number of hydrogen-bond donors (Lipinski definition) is 1. The summed E-state index contributed by atoms with van der Waals surface area (Å²) in [4.78, 5) is 0. The fourth-order valence-electron chi connectivity index (χ4n) is 1.34. The molecule has 0 heterocycles. The Hall–Kier alpha value is -0.800. The van der Waals surface area contributed by atoms with Gasteiger partial charge in [-0.15, -0.1) is 0 Å². The van der Waals surface area contributed by atoms with Crippen LogP contribution in [0.15, 0.2) is 18.2 Å². The lowest BCUT2D eigenvalue weighted by Crippen LogP contribution is -2.10. The predicted octanol–water partition coefficient (Wildman–Crippen LogP) is 3.95. The average Bonchev–Trinajstić information content (AvgIpc) is 2.21. The van der Waals surface area contributed by atoms with E-state index in [0.717, 1.165) is 13.0 Å². The van der Waals surface area contributed by atoms with E-state index in [1.807, 2.05) is 0 Å². The van der Waals surface area contributed by atoms with E-state index in [-0.39, 0.29) is 5.82 Å². The topological polar surface area (TPSA) is 21.3 Å². The second-order valence-electron chi connectivity index (χ2n) is 4.38. The molecule has 96 valence electrons. The third kappa shape index (κ3) is 6.49. The number of nitrogens with one attached hydrogen (secondary N) is 1. The Morgan fingerprint density at radius 3 is 2.71 bits per heavy atom. The number of benzene rings is 1. The van der Waals surface area contributed by atoms with E-state index in [0.29, 0.717) is 29.8 Å². The van der Waals surface area contributed by atoms with E-state index >= 15 is 0 Å². The van der Waals surface area contributed by atoms with Crippen molar-refractivity contribution in [2.75, 3.05) is 25.1 Å². The fraction of sp³-hybridized carbons (Fsp3) is 0.538. The molecule has 0 atom stereocenters. The van der Waals surface area contributed by atoms with Crippen molar-refractivity contribution < 1.29 is 9.13 Å². The molecule has 0 saturated heterocycles. The Balaban J connectivity index is 2.18. The molecule has 1 rings (SSSR count). The van der Waals surface area contributed by atoms with Gasteiger partial charge in [-0.25, -0.2) is 4.39 Å². The number of rotatable bonds is 7. The monoisotopic (exact) mass is 259 g/mol. The molecule has 0 aliphatic carbocycles. The van der Waals surface area contributed by atoms with Crippen LogP contribution in [0.4, 0.5) is 10.1 Å². The van der Waals surface area contributed by atoms with Gasteiger partial charge in [0.25, 0.3) is 0 Å². The zero-order valence-electron chi connectivity index (χ0n) is 10.3. The summed E-state index contributed by atoms with van der Waals surface area (Å²) < 4.78 is 18.4. The molecule has 4 heteroatoms. The largest absolute Gasteiger partial charge is 0.383 e. The van der Waals surface area contributed by atoms with Gasteiger partial charge < -0.3 is 10.1 Å². The van der Waals surface area contributed by atoms with Crippen LogP contribution in [0, 0.1) is 11.7 Å². The van der Waals surface area contributed by atoms with Gasteiger partial charge in [0.15, 0.2) is 0 Å². The number of hydrogen-bond acceptors (Lipinski definition) is 2. The van der Waals surface area contributed by atoms with Crippen molar-refractivity contribution in [3.63, 3.8) is 0 Å². The second-order valence-corrected chi connectivity index (χ2v) is 4.82. The highest BCUT2D eigenvalue weighted by Crippen LogP contribution is 2.17. The smallest absolute Gasteiger partial charge is 0.126 e. The summed E-state index contributed by atoms with van der Waals surface area (Å²) in [5, 5.41) is 3.46. The van der Waals surface area contributed by atoms with Crippen LogP contribution in [-0.4, -0.2) is 19.8 Å².